The number of sulfone groups is 1. The van der Waals surface area contributed by atoms with Crippen molar-refractivity contribution in [1.82, 2.24) is 4.90 Å². The molecule has 0 aromatic heterocycles. The second-order valence-corrected chi connectivity index (χ2v) is 6.49. The smallest absolute Gasteiger partial charge is 0.326 e. The number of likely N-dealkylation sites (N-methyl/N-ethyl adjacent to an activating group) is 1. The summed E-state index contributed by atoms with van der Waals surface area (Å²) in [7, 11) is -1.91. The van der Waals surface area contributed by atoms with E-state index in [0.717, 1.165) is 11.2 Å². The topological polar surface area (TPSA) is 91.8 Å². The Hall–Kier alpha value is -1.89. The van der Waals surface area contributed by atoms with Crippen molar-refractivity contribution in [2.45, 2.75) is 24.3 Å². The highest BCUT2D eigenvalue weighted by molar-refractivity contribution is 7.90. The highest BCUT2D eigenvalue weighted by Gasteiger charge is 2.25. The van der Waals surface area contributed by atoms with Gasteiger partial charge in [0.05, 0.1) is 4.90 Å². The molecule has 0 fully saturated rings. The van der Waals surface area contributed by atoms with Crippen LogP contribution in [0.25, 0.3) is 0 Å². The summed E-state index contributed by atoms with van der Waals surface area (Å²) in [4.78, 5) is 24.4. The van der Waals surface area contributed by atoms with Crippen LogP contribution < -0.4 is 0 Å². The molecule has 0 aliphatic heterocycles. The van der Waals surface area contributed by atoms with Gasteiger partial charge in [0.15, 0.2) is 9.84 Å². The highest BCUT2D eigenvalue weighted by atomic mass is 32.2. The monoisotopic (exact) mass is 299 g/mol. The van der Waals surface area contributed by atoms with Crippen molar-refractivity contribution in [2.24, 2.45) is 0 Å². The Bertz CT molecular complexity index is 606. The van der Waals surface area contributed by atoms with Gasteiger partial charge in [0.1, 0.15) is 6.04 Å². The molecule has 0 radical (unpaired) electrons. The van der Waals surface area contributed by atoms with Gasteiger partial charge in [0, 0.05) is 18.9 Å². The lowest BCUT2D eigenvalue weighted by Crippen LogP contribution is -2.41. The van der Waals surface area contributed by atoms with E-state index in [0.29, 0.717) is 6.42 Å². The molecule has 0 saturated carbocycles. The Labute approximate surface area is 117 Å². The Kier molecular flexibility index (Phi) is 4.88. The van der Waals surface area contributed by atoms with Gasteiger partial charge in [-0.15, -0.1) is 0 Å². The first-order valence-corrected chi connectivity index (χ1v) is 7.87. The first-order valence-electron chi connectivity index (χ1n) is 5.98. The number of carbonyl (C=O) groups is 2. The molecule has 7 heteroatoms. The summed E-state index contributed by atoms with van der Waals surface area (Å²) in [5.41, 5.74) is 0.250. The van der Waals surface area contributed by atoms with Crippen LogP contribution in [0.2, 0.25) is 0 Å². The van der Waals surface area contributed by atoms with Gasteiger partial charge in [-0.2, -0.15) is 0 Å². The molecule has 0 aliphatic rings. The maximum Gasteiger partial charge on any atom is 0.326 e. The summed E-state index contributed by atoms with van der Waals surface area (Å²) in [6.45, 7) is 1.68. The summed E-state index contributed by atoms with van der Waals surface area (Å²) in [6.07, 6.45) is 1.37. The van der Waals surface area contributed by atoms with Gasteiger partial charge in [0.25, 0.3) is 5.91 Å². The number of carboxylic acid groups (broad SMARTS) is 1. The van der Waals surface area contributed by atoms with Crippen LogP contribution >= 0.6 is 0 Å². The number of carbonyl (C=O) groups excluding carboxylic acids is 1. The molecule has 1 rings (SSSR count). The van der Waals surface area contributed by atoms with Crippen LogP contribution in [0.3, 0.4) is 0 Å². The molecule has 1 aromatic rings. The van der Waals surface area contributed by atoms with Gasteiger partial charge in [-0.25, -0.2) is 13.2 Å². The third-order valence-corrected chi connectivity index (χ3v) is 4.12. The maximum absolute atomic E-state index is 12.1. The highest BCUT2D eigenvalue weighted by Crippen LogP contribution is 2.13. The van der Waals surface area contributed by atoms with E-state index in [1.165, 1.54) is 31.3 Å². The predicted molar refractivity (Wildman–Crippen MR) is 73.4 cm³/mol. The van der Waals surface area contributed by atoms with Crippen molar-refractivity contribution < 1.29 is 23.1 Å². The molecule has 20 heavy (non-hydrogen) atoms. The molecule has 1 N–H and O–H groups in total. The van der Waals surface area contributed by atoms with Crippen molar-refractivity contribution in [2.75, 3.05) is 13.3 Å². The molecule has 1 atom stereocenters. The van der Waals surface area contributed by atoms with Crippen LogP contribution in [0.4, 0.5) is 0 Å². The fraction of sp³-hybridized carbons (Fsp3) is 0.385. The fourth-order valence-corrected chi connectivity index (χ4v) is 2.43. The van der Waals surface area contributed by atoms with Gasteiger partial charge < -0.3 is 10.0 Å². The molecular weight excluding hydrogens is 282 g/mol. The maximum atomic E-state index is 12.1. The van der Waals surface area contributed by atoms with E-state index < -0.39 is 27.8 Å². The molecular formula is C13H17NO5S. The summed E-state index contributed by atoms with van der Waals surface area (Å²) in [5.74, 6) is -1.53. The van der Waals surface area contributed by atoms with Crippen LogP contribution in [0.15, 0.2) is 29.2 Å². The number of benzene rings is 1. The summed E-state index contributed by atoms with van der Waals surface area (Å²) < 4.78 is 22.6. The summed E-state index contributed by atoms with van der Waals surface area (Å²) >= 11 is 0. The molecule has 0 saturated heterocycles. The van der Waals surface area contributed by atoms with Gasteiger partial charge in [-0.3, -0.25) is 4.79 Å². The molecule has 6 nitrogen and oxygen atoms in total. The number of hydrogen-bond donors (Lipinski definition) is 1. The Morgan fingerprint density at radius 2 is 1.75 bits per heavy atom. The molecule has 1 amide bonds. The first kappa shape index (κ1) is 16.2. The third-order valence-electron chi connectivity index (χ3n) is 2.99. The Balaban J connectivity index is 3.01. The number of carboxylic acids is 1. The summed E-state index contributed by atoms with van der Waals surface area (Å²) in [5, 5.41) is 9.02. The predicted octanol–water partition coefficient (Wildman–Crippen LogP) is 1.03. The van der Waals surface area contributed by atoms with Crippen LogP contribution in [-0.4, -0.2) is 49.6 Å². The van der Waals surface area contributed by atoms with Crippen LogP contribution in [0.5, 0.6) is 0 Å². The van der Waals surface area contributed by atoms with E-state index >= 15 is 0 Å². The number of nitrogens with zero attached hydrogens (tertiary/aromatic N) is 1. The Morgan fingerprint density at radius 3 is 2.10 bits per heavy atom. The minimum atomic E-state index is -3.32. The van der Waals surface area contributed by atoms with Gasteiger partial charge in [0.2, 0.25) is 0 Å². The summed E-state index contributed by atoms with van der Waals surface area (Å²) in [6, 6.07) is 4.51. The zero-order valence-corrected chi connectivity index (χ0v) is 12.3. The third kappa shape index (κ3) is 3.57. The molecule has 0 bridgehead atoms. The van der Waals surface area contributed by atoms with Crippen molar-refractivity contribution >= 4 is 21.7 Å². The van der Waals surface area contributed by atoms with Crippen molar-refractivity contribution in [1.29, 1.82) is 0 Å². The van der Waals surface area contributed by atoms with E-state index in [1.807, 2.05) is 0 Å². The zero-order chi connectivity index (χ0) is 15.5. The lowest BCUT2D eigenvalue weighted by atomic mass is 10.1. The number of rotatable bonds is 5. The molecule has 1 aromatic carbocycles. The van der Waals surface area contributed by atoms with Crippen molar-refractivity contribution in [3.63, 3.8) is 0 Å². The van der Waals surface area contributed by atoms with E-state index in [4.69, 9.17) is 5.11 Å². The zero-order valence-electron chi connectivity index (χ0n) is 11.5. The van der Waals surface area contributed by atoms with E-state index in [2.05, 4.69) is 0 Å². The normalized spacial score (nSPS) is 12.8. The number of amides is 1. The van der Waals surface area contributed by atoms with Gasteiger partial charge in [-0.1, -0.05) is 6.92 Å². The molecule has 110 valence electrons. The van der Waals surface area contributed by atoms with Gasteiger partial charge >= 0.3 is 5.97 Å². The van der Waals surface area contributed by atoms with E-state index in [-0.39, 0.29) is 10.5 Å². The van der Waals surface area contributed by atoms with Crippen LogP contribution in [0.1, 0.15) is 23.7 Å². The average Bonchev–Trinajstić information content (AvgIpc) is 2.37. The minimum Gasteiger partial charge on any atom is -0.480 e. The van der Waals surface area contributed by atoms with E-state index in [9.17, 15) is 18.0 Å². The Morgan fingerprint density at radius 1 is 1.25 bits per heavy atom. The lowest BCUT2D eigenvalue weighted by Gasteiger charge is -2.23. The van der Waals surface area contributed by atoms with Crippen molar-refractivity contribution in [3.8, 4) is 0 Å². The second-order valence-electron chi connectivity index (χ2n) is 4.47. The SMILES string of the molecule is CCC(C(=O)O)N(C)C(=O)c1ccc(S(C)(=O)=O)cc1. The second kappa shape index (κ2) is 6.04. The lowest BCUT2D eigenvalue weighted by molar-refractivity contribution is -0.142. The quantitative estimate of drug-likeness (QED) is 0.876. The average molecular weight is 299 g/mol. The first-order chi connectivity index (χ1) is 9.18. The van der Waals surface area contributed by atoms with Gasteiger partial charge in [-0.05, 0) is 30.7 Å². The molecule has 0 aliphatic carbocycles. The molecule has 0 heterocycles. The van der Waals surface area contributed by atoms with Crippen LogP contribution in [-0.2, 0) is 14.6 Å². The minimum absolute atomic E-state index is 0.113. The van der Waals surface area contributed by atoms with Crippen LogP contribution in [0, 0.1) is 0 Å². The van der Waals surface area contributed by atoms with E-state index in [1.54, 1.807) is 6.92 Å². The molecule has 0 spiro atoms. The fourth-order valence-electron chi connectivity index (χ4n) is 1.80. The standard InChI is InChI=1S/C13H17NO5S/c1-4-11(13(16)17)14(2)12(15)9-5-7-10(8-6-9)20(3,18)19/h5-8,11H,4H2,1-3H3,(H,16,17). The van der Waals surface area contributed by atoms with Crippen molar-refractivity contribution in [3.05, 3.63) is 29.8 Å². The largest absolute Gasteiger partial charge is 0.480 e. The number of hydrogen-bond acceptors (Lipinski definition) is 4. The molecule has 1 unspecified atom stereocenters. The number of aliphatic carboxylic acids is 1.